The summed E-state index contributed by atoms with van der Waals surface area (Å²) in [5.74, 6) is 0. The normalized spacial score (nSPS) is 12.7. The van der Waals surface area contributed by atoms with E-state index in [4.69, 9.17) is 4.98 Å². The topological polar surface area (TPSA) is 28.2 Å². The summed E-state index contributed by atoms with van der Waals surface area (Å²) in [4.78, 5) is 8.68. The van der Waals surface area contributed by atoms with E-state index < -0.39 is 0 Å². The van der Waals surface area contributed by atoms with Crippen molar-refractivity contribution >= 4 is 16.5 Å². The highest BCUT2D eigenvalue weighted by Crippen LogP contribution is 2.29. The van der Waals surface area contributed by atoms with Crippen molar-refractivity contribution in [1.29, 1.82) is 0 Å². The Balaban J connectivity index is 2.96. The fraction of sp³-hybridized carbons (Fsp3) is 0.786. The lowest BCUT2D eigenvalue weighted by Crippen LogP contribution is -2.32. The largest absolute Gasteiger partial charge is 0.346 e. The number of nitrogens with zero attached hydrogens (tertiary/aromatic N) is 2. The van der Waals surface area contributed by atoms with Gasteiger partial charge in [0.15, 0.2) is 5.13 Å². The van der Waals surface area contributed by atoms with Gasteiger partial charge in [-0.25, -0.2) is 4.98 Å². The summed E-state index contributed by atoms with van der Waals surface area (Å²) in [6, 6.07) is 0.568. The van der Waals surface area contributed by atoms with Gasteiger partial charge in [-0.05, 0) is 33.7 Å². The van der Waals surface area contributed by atoms with Crippen molar-refractivity contribution in [1.82, 2.24) is 10.3 Å². The van der Waals surface area contributed by atoms with Crippen LogP contribution in [0.3, 0.4) is 0 Å². The third-order valence-electron chi connectivity index (χ3n) is 3.30. The van der Waals surface area contributed by atoms with E-state index in [0.29, 0.717) is 6.04 Å². The Labute approximate surface area is 116 Å². The SMILES string of the molecule is CCCc1nc(N(CC)C(C)CC)sc1CNC. The summed E-state index contributed by atoms with van der Waals surface area (Å²) in [6.07, 6.45) is 3.42. The van der Waals surface area contributed by atoms with Crippen LogP contribution in [0.5, 0.6) is 0 Å². The highest BCUT2D eigenvalue weighted by molar-refractivity contribution is 7.15. The van der Waals surface area contributed by atoms with Gasteiger partial charge in [0, 0.05) is 24.0 Å². The molecule has 1 aromatic rings. The predicted molar refractivity (Wildman–Crippen MR) is 81.6 cm³/mol. The van der Waals surface area contributed by atoms with Gasteiger partial charge < -0.3 is 10.2 Å². The van der Waals surface area contributed by atoms with E-state index in [1.54, 1.807) is 0 Å². The van der Waals surface area contributed by atoms with E-state index in [2.05, 4.69) is 37.9 Å². The highest BCUT2D eigenvalue weighted by atomic mass is 32.1. The maximum atomic E-state index is 4.86. The second-order valence-electron chi connectivity index (χ2n) is 4.69. The van der Waals surface area contributed by atoms with Crippen LogP contribution in [-0.2, 0) is 13.0 Å². The molecule has 18 heavy (non-hydrogen) atoms. The lowest BCUT2D eigenvalue weighted by molar-refractivity contribution is 0.627. The molecule has 0 amide bonds. The van der Waals surface area contributed by atoms with E-state index in [1.165, 1.54) is 15.7 Å². The molecule has 1 rings (SSSR count). The number of hydrogen-bond donors (Lipinski definition) is 1. The van der Waals surface area contributed by atoms with Gasteiger partial charge in [0.05, 0.1) is 5.69 Å². The number of thiazole rings is 1. The molecule has 0 aromatic carbocycles. The van der Waals surface area contributed by atoms with Crippen LogP contribution in [0.1, 0.15) is 51.1 Å². The molecule has 0 fully saturated rings. The lowest BCUT2D eigenvalue weighted by Gasteiger charge is -2.26. The molecule has 0 saturated carbocycles. The average molecular weight is 269 g/mol. The van der Waals surface area contributed by atoms with Gasteiger partial charge in [-0.2, -0.15) is 0 Å². The molecule has 0 radical (unpaired) electrons. The molecule has 0 aliphatic carbocycles. The summed E-state index contributed by atoms with van der Waals surface area (Å²) >= 11 is 1.85. The van der Waals surface area contributed by atoms with Crippen LogP contribution in [0.2, 0.25) is 0 Å². The molecule has 104 valence electrons. The molecule has 1 aromatic heterocycles. The monoisotopic (exact) mass is 269 g/mol. The zero-order chi connectivity index (χ0) is 13.5. The van der Waals surface area contributed by atoms with Gasteiger partial charge in [0.1, 0.15) is 0 Å². The maximum Gasteiger partial charge on any atom is 0.186 e. The molecule has 0 aliphatic rings. The fourth-order valence-corrected chi connectivity index (χ4v) is 3.36. The number of anilines is 1. The molecule has 1 unspecified atom stereocenters. The second-order valence-corrected chi connectivity index (χ2v) is 5.75. The van der Waals surface area contributed by atoms with Gasteiger partial charge >= 0.3 is 0 Å². The van der Waals surface area contributed by atoms with E-state index in [0.717, 1.165) is 32.4 Å². The Hall–Kier alpha value is -0.610. The standard InChI is InChI=1S/C14H27N3S/c1-6-9-12-13(10-15-5)18-14(16-12)17(8-3)11(4)7-2/h11,15H,6-10H2,1-5H3. The van der Waals surface area contributed by atoms with Crippen LogP contribution in [0.15, 0.2) is 0 Å². The van der Waals surface area contributed by atoms with Crippen molar-refractivity contribution in [2.24, 2.45) is 0 Å². The number of rotatable bonds is 8. The lowest BCUT2D eigenvalue weighted by atomic mass is 10.2. The first kappa shape index (κ1) is 15.4. The molecule has 1 N–H and O–H groups in total. The van der Waals surface area contributed by atoms with E-state index in [9.17, 15) is 0 Å². The number of aromatic nitrogens is 1. The average Bonchev–Trinajstić information content (AvgIpc) is 2.74. The molecular formula is C14H27N3S. The van der Waals surface area contributed by atoms with E-state index in [1.807, 2.05) is 18.4 Å². The van der Waals surface area contributed by atoms with Crippen molar-refractivity contribution in [3.63, 3.8) is 0 Å². The Kier molecular flexibility index (Phi) is 6.65. The number of aryl methyl sites for hydroxylation is 1. The molecule has 1 atom stereocenters. The number of nitrogens with one attached hydrogen (secondary N) is 1. The van der Waals surface area contributed by atoms with Gasteiger partial charge in [-0.3, -0.25) is 0 Å². The third-order valence-corrected chi connectivity index (χ3v) is 4.44. The first-order chi connectivity index (χ1) is 8.67. The summed E-state index contributed by atoms with van der Waals surface area (Å²) in [7, 11) is 2.00. The summed E-state index contributed by atoms with van der Waals surface area (Å²) in [5, 5.41) is 4.44. The molecule has 4 heteroatoms. The predicted octanol–water partition coefficient (Wildman–Crippen LogP) is 3.44. The summed E-state index contributed by atoms with van der Waals surface area (Å²) in [6.45, 7) is 10.9. The molecule has 0 bridgehead atoms. The smallest absolute Gasteiger partial charge is 0.186 e. The quantitative estimate of drug-likeness (QED) is 0.783. The first-order valence-corrected chi connectivity index (χ1v) is 7.89. The molecule has 0 aliphatic heterocycles. The van der Waals surface area contributed by atoms with Gasteiger partial charge in [0.2, 0.25) is 0 Å². The van der Waals surface area contributed by atoms with Crippen molar-refractivity contribution in [3.05, 3.63) is 10.6 Å². The fourth-order valence-electron chi connectivity index (χ4n) is 2.08. The van der Waals surface area contributed by atoms with Crippen LogP contribution in [0, 0.1) is 0 Å². The molecule has 1 heterocycles. The van der Waals surface area contributed by atoms with Crippen LogP contribution >= 0.6 is 11.3 Å². The Morgan fingerprint density at radius 1 is 1.33 bits per heavy atom. The minimum Gasteiger partial charge on any atom is -0.346 e. The third kappa shape index (κ3) is 3.69. The van der Waals surface area contributed by atoms with E-state index in [-0.39, 0.29) is 0 Å². The van der Waals surface area contributed by atoms with Crippen molar-refractivity contribution < 1.29 is 0 Å². The van der Waals surface area contributed by atoms with Gasteiger partial charge in [0.25, 0.3) is 0 Å². The molecular weight excluding hydrogens is 242 g/mol. The Morgan fingerprint density at radius 2 is 2.06 bits per heavy atom. The first-order valence-electron chi connectivity index (χ1n) is 7.07. The van der Waals surface area contributed by atoms with Crippen LogP contribution in [0.25, 0.3) is 0 Å². The highest BCUT2D eigenvalue weighted by Gasteiger charge is 2.17. The minimum absolute atomic E-state index is 0.568. The van der Waals surface area contributed by atoms with Crippen LogP contribution in [-0.4, -0.2) is 24.6 Å². The summed E-state index contributed by atoms with van der Waals surface area (Å²) < 4.78 is 0. The van der Waals surface area contributed by atoms with E-state index >= 15 is 0 Å². The molecule has 3 nitrogen and oxygen atoms in total. The zero-order valence-corrected chi connectivity index (χ0v) is 13.2. The molecule has 0 saturated heterocycles. The van der Waals surface area contributed by atoms with Crippen molar-refractivity contribution in [2.75, 3.05) is 18.5 Å². The Bertz CT molecular complexity index is 325. The van der Waals surface area contributed by atoms with Crippen LogP contribution in [0.4, 0.5) is 5.13 Å². The van der Waals surface area contributed by atoms with Gasteiger partial charge in [-0.1, -0.05) is 20.3 Å². The van der Waals surface area contributed by atoms with Crippen LogP contribution < -0.4 is 10.2 Å². The second kappa shape index (κ2) is 7.74. The maximum absolute atomic E-state index is 4.86. The zero-order valence-electron chi connectivity index (χ0n) is 12.4. The minimum atomic E-state index is 0.568. The summed E-state index contributed by atoms with van der Waals surface area (Å²) in [5.41, 5.74) is 1.29. The van der Waals surface area contributed by atoms with Crippen molar-refractivity contribution in [2.45, 2.75) is 59.5 Å². The van der Waals surface area contributed by atoms with Crippen molar-refractivity contribution in [3.8, 4) is 0 Å². The van der Waals surface area contributed by atoms with Gasteiger partial charge in [-0.15, -0.1) is 11.3 Å². The molecule has 0 spiro atoms. The number of hydrogen-bond acceptors (Lipinski definition) is 4. The Morgan fingerprint density at radius 3 is 2.56 bits per heavy atom.